The van der Waals surface area contributed by atoms with Gasteiger partial charge in [0.15, 0.2) is 5.65 Å². The fourth-order valence-corrected chi connectivity index (χ4v) is 3.45. The summed E-state index contributed by atoms with van der Waals surface area (Å²) in [5.74, 6) is 2.31. The molecule has 7 heteroatoms. The molecule has 3 rings (SSSR count). The molecule has 5 nitrogen and oxygen atoms in total. The van der Waals surface area contributed by atoms with Crippen molar-refractivity contribution in [2.45, 2.75) is 10.6 Å². The molecule has 0 radical (unpaired) electrons. The van der Waals surface area contributed by atoms with Gasteiger partial charge in [-0.25, -0.2) is 9.97 Å². The molecule has 0 spiro atoms. The summed E-state index contributed by atoms with van der Waals surface area (Å²) >= 11 is 5.26. The maximum absolute atomic E-state index is 4.60. The van der Waals surface area contributed by atoms with E-state index >= 15 is 0 Å². The molecule has 0 aliphatic carbocycles. The number of hydrogen-bond acceptors (Lipinski definition) is 5. The Labute approximate surface area is 135 Å². The Morgan fingerprint density at radius 1 is 1.29 bits per heavy atom. The molecule has 0 saturated carbocycles. The number of nitrogens with one attached hydrogen (secondary N) is 1. The van der Waals surface area contributed by atoms with E-state index in [1.807, 2.05) is 32.3 Å². The van der Waals surface area contributed by atoms with Gasteiger partial charge in [0.25, 0.3) is 0 Å². The summed E-state index contributed by atoms with van der Waals surface area (Å²) in [4.78, 5) is 10.3. The smallest absolute Gasteiger partial charge is 0.163 e. The van der Waals surface area contributed by atoms with Crippen LogP contribution >= 0.6 is 27.7 Å². The number of rotatable bonds is 4. The molecular weight excluding hydrogens is 350 g/mol. The normalized spacial score (nSPS) is 11.0. The highest BCUT2D eigenvalue weighted by Gasteiger charge is 2.11. The summed E-state index contributed by atoms with van der Waals surface area (Å²) in [7, 11) is 3.75. The van der Waals surface area contributed by atoms with Crippen molar-refractivity contribution in [3.63, 3.8) is 0 Å². The van der Waals surface area contributed by atoms with Crippen LogP contribution in [0.2, 0.25) is 0 Å². The zero-order valence-electron chi connectivity index (χ0n) is 11.7. The van der Waals surface area contributed by atoms with Crippen molar-refractivity contribution < 1.29 is 0 Å². The van der Waals surface area contributed by atoms with Crippen molar-refractivity contribution >= 4 is 44.5 Å². The lowest BCUT2D eigenvalue weighted by molar-refractivity contribution is 0.782. The van der Waals surface area contributed by atoms with E-state index in [1.54, 1.807) is 22.6 Å². The Morgan fingerprint density at radius 2 is 2.10 bits per heavy atom. The number of nitrogens with zero attached hydrogens (tertiary/aromatic N) is 4. The van der Waals surface area contributed by atoms with Crippen molar-refractivity contribution in [3.8, 4) is 0 Å². The van der Waals surface area contributed by atoms with Crippen LogP contribution in [-0.2, 0) is 12.8 Å². The molecule has 108 valence electrons. The van der Waals surface area contributed by atoms with Gasteiger partial charge in [-0.05, 0) is 28.1 Å². The van der Waals surface area contributed by atoms with E-state index < -0.39 is 0 Å². The van der Waals surface area contributed by atoms with E-state index in [4.69, 9.17) is 0 Å². The van der Waals surface area contributed by atoms with Crippen molar-refractivity contribution in [1.82, 2.24) is 19.7 Å². The van der Waals surface area contributed by atoms with Gasteiger partial charge in [-0.1, -0.05) is 12.1 Å². The predicted octanol–water partition coefficient (Wildman–Crippen LogP) is 3.46. The molecule has 0 amide bonds. The van der Waals surface area contributed by atoms with Crippen LogP contribution in [0.5, 0.6) is 0 Å². The Kier molecular flexibility index (Phi) is 4.12. The van der Waals surface area contributed by atoms with Crippen LogP contribution in [0.1, 0.15) is 5.82 Å². The van der Waals surface area contributed by atoms with Crippen LogP contribution in [-0.4, -0.2) is 26.8 Å². The maximum Gasteiger partial charge on any atom is 0.163 e. The van der Waals surface area contributed by atoms with Crippen LogP contribution in [0.3, 0.4) is 0 Å². The van der Waals surface area contributed by atoms with Crippen LogP contribution < -0.4 is 5.32 Å². The third-order valence-electron chi connectivity index (χ3n) is 3.07. The minimum Gasteiger partial charge on any atom is -0.372 e. The summed E-state index contributed by atoms with van der Waals surface area (Å²) in [5, 5.41) is 8.29. The lowest BCUT2D eigenvalue weighted by Gasteiger charge is -2.06. The van der Waals surface area contributed by atoms with Crippen LogP contribution in [0, 0.1) is 0 Å². The molecule has 0 fully saturated rings. The molecule has 0 bridgehead atoms. The molecule has 2 heterocycles. The molecule has 0 atom stereocenters. The quantitative estimate of drug-likeness (QED) is 0.719. The van der Waals surface area contributed by atoms with Gasteiger partial charge in [-0.2, -0.15) is 5.10 Å². The lowest BCUT2D eigenvalue weighted by atomic mass is 10.4. The Balaban J connectivity index is 1.90. The summed E-state index contributed by atoms with van der Waals surface area (Å²) < 4.78 is 2.86. The minimum atomic E-state index is 0.707. The molecule has 1 aromatic carbocycles. The van der Waals surface area contributed by atoms with Crippen molar-refractivity contribution in [3.05, 3.63) is 40.8 Å². The third kappa shape index (κ3) is 2.89. The van der Waals surface area contributed by atoms with Gasteiger partial charge in [-0.15, -0.1) is 11.8 Å². The Morgan fingerprint density at radius 3 is 2.86 bits per heavy atom. The molecule has 2 aromatic heterocycles. The number of halogens is 1. The van der Waals surface area contributed by atoms with Crippen LogP contribution in [0.4, 0.5) is 5.82 Å². The van der Waals surface area contributed by atoms with Crippen LogP contribution in [0.25, 0.3) is 11.0 Å². The van der Waals surface area contributed by atoms with E-state index in [0.29, 0.717) is 5.75 Å². The van der Waals surface area contributed by atoms with Crippen LogP contribution in [0.15, 0.2) is 39.8 Å². The number of aromatic nitrogens is 4. The molecule has 0 aliphatic rings. The maximum atomic E-state index is 4.60. The van der Waals surface area contributed by atoms with Gasteiger partial charge in [0, 0.05) is 23.5 Å². The number of benzene rings is 1. The third-order valence-corrected chi connectivity index (χ3v) is 5.09. The average molecular weight is 364 g/mol. The number of anilines is 1. The van der Waals surface area contributed by atoms with Crippen molar-refractivity contribution in [2.24, 2.45) is 7.05 Å². The van der Waals surface area contributed by atoms with Gasteiger partial charge in [-0.3, -0.25) is 4.68 Å². The molecule has 21 heavy (non-hydrogen) atoms. The summed E-state index contributed by atoms with van der Waals surface area (Å²) in [5.41, 5.74) is 0.845. The monoisotopic (exact) mass is 363 g/mol. The first-order chi connectivity index (χ1) is 10.2. The minimum absolute atomic E-state index is 0.707. The van der Waals surface area contributed by atoms with Gasteiger partial charge in [0.1, 0.15) is 11.6 Å². The predicted molar refractivity (Wildman–Crippen MR) is 89.6 cm³/mol. The number of hydrogen-bond donors (Lipinski definition) is 1. The first-order valence-electron chi connectivity index (χ1n) is 6.42. The van der Waals surface area contributed by atoms with E-state index in [1.165, 1.54) is 4.90 Å². The second kappa shape index (κ2) is 6.03. The van der Waals surface area contributed by atoms with Gasteiger partial charge in [0.2, 0.25) is 0 Å². The zero-order chi connectivity index (χ0) is 14.8. The number of fused-ring (bicyclic) bond motifs is 1. The summed E-state index contributed by atoms with van der Waals surface area (Å²) in [6, 6.07) is 8.14. The van der Waals surface area contributed by atoms with Gasteiger partial charge in [0.05, 0.1) is 17.3 Å². The standard InChI is InChI=1S/C14H14BrN5S/c1-16-13-9-7-17-20(2)14(9)19-12(18-13)8-21-11-6-4-3-5-10(11)15/h3-7H,8H2,1-2H3,(H,16,18,19). The largest absolute Gasteiger partial charge is 0.372 e. The van der Waals surface area contributed by atoms with Crippen molar-refractivity contribution in [2.75, 3.05) is 12.4 Å². The first-order valence-corrected chi connectivity index (χ1v) is 8.20. The average Bonchev–Trinajstić information content (AvgIpc) is 2.87. The number of aryl methyl sites for hydroxylation is 1. The van der Waals surface area contributed by atoms with E-state index in [2.05, 4.69) is 42.4 Å². The first kappa shape index (κ1) is 14.3. The van der Waals surface area contributed by atoms with E-state index in [9.17, 15) is 0 Å². The topological polar surface area (TPSA) is 55.6 Å². The number of thioether (sulfide) groups is 1. The molecule has 1 N–H and O–H groups in total. The molecular formula is C14H14BrN5S. The second-order valence-electron chi connectivity index (χ2n) is 4.46. The van der Waals surface area contributed by atoms with E-state index in [-0.39, 0.29) is 0 Å². The molecule has 0 unspecified atom stereocenters. The zero-order valence-corrected chi connectivity index (χ0v) is 14.1. The van der Waals surface area contributed by atoms with Gasteiger partial charge < -0.3 is 5.32 Å². The highest BCUT2D eigenvalue weighted by atomic mass is 79.9. The molecule has 3 aromatic rings. The van der Waals surface area contributed by atoms with Crippen molar-refractivity contribution in [1.29, 1.82) is 0 Å². The second-order valence-corrected chi connectivity index (χ2v) is 6.33. The summed E-state index contributed by atoms with van der Waals surface area (Å²) in [6.45, 7) is 0. The highest BCUT2D eigenvalue weighted by Crippen LogP contribution is 2.30. The molecule has 0 aliphatic heterocycles. The summed E-state index contributed by atoms with van der Waals surface area (Å²) in [6.07, 6.45) is 1.78. The van der Waals surface area contributed by atoms with E-state index in [0.717, 1.165) is 27.1 Å². The SMILES string of the molecule is CNc1nc(CSc2ccccc2Br)nc2c1cnn2C. The van der Waals surface area contributed by atoms with Gasteiger partial charge >= 0.3 is 0 Å². The lowest BCUT2D eigenvalue weighted by Crippen LogP contribution is -2.02. The fourth-order valence-electron chi connectivity index (χ4n) is 2.03. The fraction of sp³-hybridized carbons (Fsp3) is 0.214. The molecule has 0 saturated heterocycles. The Bertz CT molecular complexity index is 786. The highest BCUT2D eigenvalue weighted by molar-refractivity contribution is 9.10. The Hall–Kier alpha value is -1.60.